The van der Waals surface area contributed by atoms with Crippen molar-refractivity contribution in [1.82, 2.24) is 15.0 Å². The minimum atomic E-state index is 0.295. The van der Waals surface area contributed by atoms with Gasteiger partial charge in [-0.2, -0.15) is 9.97 Å². The van der Waals surface area contributed by atoms with Crippen molar-refractivity contribution < 1.29 is 5.11 Å². The smallest absolute Gasteiger partial charge is 0.230 e. The van der Waals surface area contributed by atoms with Crippen LogP contribution in [-0.2, 0) is 12.8 Å². The summed E-state index contributed by atoms with van der Waals surface area (Å²) in [5.74, 6) is 2.37. The van der Waals surface area contributed by atoms with Gasteiger partial charge in [0.2, 0.25) is 5.95 Å². The van der Waals surface area contributed by atoms with E-state index in [1.165, 1.54) is 5.56 Å². The maximum absolute atomic E-state index is 9.31. The van der Waals surface area contributed by atoms with Gasteiger partial charge < -0.3 is 10.4 Å². The molecule has 0 saturated carbocycles. The molecule has 0 amide bonds. The summed E-state index contributed by atoms with van der Waals surface area (Å²) in [6.07, 6.45) is 2.65. The summed E-state index contributed by atoms with van der Waals surface area (Å²) in [7, 11) is 0. The van der Waals surface area contributed by atoms with E-state index < -0.39 is 0 Å². The highest BCUT2D eigenvalue weighted by Crippen LogP contribution is 2.14. The monoisotopic (exact) mass is 320 g/mol. The zero-order chi connectivity index (χ0) is 16.8. The topological polar surface area (TPSA) is 70.9 Å². The Morgan fingerprint density at radius 2 is 1.62 bits per heavy atom. The van der Waals surface area contributed by atoms with E-state index in [1.807, 2.05) is 49.4 Å². The third kappa shape index (κ3) is 4.52. The Morgan fingerprint density at radius 3 is 2.38 bits per heavy atom. The van der Waals surface area contributed by atoms with Crippen molar-refractivity contribution in [3.05, 3.63) is 71.8 Å². The highest BCUT2D eigenvalue weighted by atomic mass is 16.3. The van der Waals surface area contributed by atoms with E-state index >= 15 is 0 Å². The Hall–Kier alpha value is -2.95. The van der Waals surface area contributed by atoms with Crippen LogP contribution in [-0.4, -0.2) is 20.1 Å². The molecule has 3 aromatic rings. The van der Waals surface area contributed by atoms with E-state index in [9.17, 15) is 5.11 Å². The summed E-state index contributed by atoms with van der Waals surface area (Å²) in [6.45, 7) is 1.88. The number of phenolic OH excluding ortho intramolecular Hbond substituents is 1. The Bertz CT molecular complexity index is 788. The number of benzene rings is 2. The molecule has 0 aliphatic heterocycles. The molecule has 0 atom stereocenters. The van der Waals surface area contributed by atoms with Crippen molar-refractivity contribution in [3.8, 4) is 5.75 Å². The molecule has 0 fully saturated rings. The third-order valence-corrected chi connectivity index (χ3v) is 3.63. The first-order chi connectivity index (χ1) is 11.7. The van der Waals surface area contributed by atoms with Crippen molar-refractivity contribution in [2.75, 3.05) is 5.32 Å². The fourth-order valence-electron chi connectivity index (χ4n) is 2.47. The summed E-state index contributed by atoms with van der Waals surface area (Å²) < 4.78 is 0. The molecule has 0 unspecified atom stereocenters. The van der Waals surface area contributed by atoms with Crippen LogP contribution in [0.4, 0.5) is 11.6 Å². The lowest BCUT2D eigenvalue weighted by molar-refractivity contribution is 0.475. The van der Waals surface area contributed by atoms with Gasteiger partial charge in [-0.15, -0.1) is 0 Å². The van der Waals surface area contributed by atoms with Gasteiger partial charge in [0.25, 0.3) is 0 Å². The van der Waals surface area contributed by atoms with Crippen LogP contribution in [0.25, 0.3) is 0 Å². The van der Waals surface area contributed by atoms with Crippen LogP contribution < -0.4 is 5.32 Å². The summed E-state index contributed by atoms with van der Waals surface area (Å²) in [5, 5.41) is 12.5. The maximum atomic E-state index is 9.31. The molecule has 1 heterocycles. The summed E-state index contributed by atoms with van der Waals surface area (Å²) >= 11 is 0. The number of hydrogen-bond acceptors (Lipinski definition) is 5. The Labute approximate surface area is 141 Å². The normalized spacial score (nSPS) is 10.5. The fourth-order valence-corrected chi connectivity index (χ4v) is 2.47. The van der Waals surface area contributed by atoms with Crippen LogP contribution in [0.5, 0.6) is 5.75 Å². The largest absolute Gasteiger partial charge is 0.508 e. The Balaban J connectivity index is 1.62. The second-order valence-electron chi connectivity index (χ2n) is 5.63. The fraction of sp³-hybridized carbons (Fsp3) is 0.211. The van der Waals surface area contributed by atoms with Crippen molar-refractivity contribution in [1.29, 1.82) is 0 Å². The minimum Gasteiger partial charge on any atom is -0.508 e. The second-order valence-corrected chi connectivity index (χ2v) is 5.63. The first-order valence-electron chi connectivity index (χ1n) is 8.00. The molecule has 5 heteroatoms. The molecular weight excluding hydrogens is 300 g/mol. The molecule has 0 spiro atoms. The summed E-state index contributed by atoms with van der Waals surface area (Å²) in [6, 6.07) is 17.2. The SMILES string of the molecule is Cc1nc(CCCc2ccc(O)cc2)nc(Nc2ccccc2)n1. The number of nitrogens with one attached hydrogen (secondary N) is 1. The highest BCUT2D eigenvalue weighted by Gasteiger charge is 2.05. The second kappa shape index (κ2) is 7.55. The number of aromatic hydroxyl groups is 1. The quantitative estimate of drug-likeness (QED) is 0.723. The van der Waals surface area contributed by atoms with Crippen LogP contribution in [0, 0.1) is 6.92 Å². The molecule has 0 radical (unpaired) electrons. The third-order valence-electron chi connectivity index (χ3n) is 3.63. The molecule has 2 aromatic carbocycles. The summed E-state index contributed by atoms with van der Waals surface area (Å²) in [5.41, 5.74) is 2.15. The first-order valence-corrected chi connectivity index (χ1v) is 8.00. The average molecular weight is 320 g/mol. The van der Waals surface area contributed by atoms with Gasteiger partial charge >= 0.3 is 0 Å². The zero-order valence-corrected chi connectivity index (χ0v) is 13.6. The Kier molecular flexibility index (Phi) is 5.01. The van der Waals surface area contributed by atoms with E-state index in [4.69, 9.17) is 0 Å². The lowest BCUT2D eigenvalue weighted by atomic mass is 10.1. The molecule has 122 valence electrons. The van der Waals surface area contributed by atoms with Crippen molar-refractivity contribution in [3.63, 3.8) is 0 Å². The minimum absolute atomic E-state index is 0.295. The van der Waals surface area contributed by atoms with Gasteiger partial charge in [0, 0.05) is 12.1 Å². The molecule has 3 rings (SSSR count). The number of aryl methyl sites for hydroxylation is 3. The van der Waals surface area contributed by atoms with Gasteiger partial charge in [0.1, 0.15) is 17.4 Å². The van der Waals surface area contributed by atoms with Gasteiger partial charge in [0.05, 0.1) is 0 Å². The Morgan fingerprint density at radius 1 is 0.875 bits per heavy atom. The van der Waals surface area contributed by atoms with E-state index in [1.54, 1.807) is 12.1 Å². The number of anilines is 2. The van der Waals surface area contributed by atoms with E-state index in [0.717, 1.165) is 30.8 Å². The molecule has 1 aromatic heterocycles. The van der Waals surface area contributed by atoms with Gasteiger partial charge in [0.15, 0.2) is 0 Å². The van der Waals surface area contributed by atoms with Gasteiger partial charge in [-0.3, -0.25) is 0 Å². The van der Waals surface area contributed by atoms with Crippen LogP contribution in [0.1, 0.15) is 23.6 Å². The average Bonchev–Trinajstić information content (AvgIpc) is 2.57. The van der Waals surface area contributed by atoms with E-state index in [0.29, 0.717) is 17.5 Å². The summed E-state index contributed by atoms with van der Waals surface area (Å²) in [4.78, 5) is 13.3. The van der Waals surface area contributed by atoms with Crippen LogP contribution >= 0.6 is 0 Å². The van der Waals surface area contributed by atoms with Crippen LogP contribution in [0.15, 0.2) is 54.6 Å². The molecule has 0 aliphatic rings. The number of para-hydroxylation sites is 1. The van der Waals surface area contributed by atoms with Crippen molar-refractivity contribution in [2.45, 2.75) is 26.2 Å². The molecule has 0 aliphatic carbocycles. The van der Waals surface area contributed by atoms with Gasteiger partial charge in [-0.25, -0.2) is 4.98 Å². The van der Waals surface area contributed by atoms with Crippen molar-refractivity contribution in [2.24, 2.45) is 0 Å². The van der Waals surface area contributed by atoms with Gasteiger partial charge in [-0.1, -0.05) is 30.3 Å². The number of hydrogen-bond donors (Lipinski definition) is 2. The molecular formula is C19H20N4O. The predicted octanol–water partition coefficient (Wildman–Crippen LogP) is 3.80. The number of nitrogens with zero attached hydrogens (tertiary/aromatic N) is 3. The first kappa shape index (κ1) is 15.9. The lowest BCUT2D eigenvalue weighted by Crippen LogP contribution is -2.06. The van der Waals surface area contributed by atoms with E-state index in [-0.39, 0.29) is 0 Å². The number of rotatable bonds is 6. The standard InChI is InChI=1S/C19H20N4O/c1-14-20-18(9-5-6-15-10-12-17(24)13-11-15)23-19(21-14)22-16-7-3-2-4-8-16/h2-4,7-8,10-13,24H,5-6,9H2,1H3,(H,20,21,22,23). The molecule has 24 heavy (non-hydrogen) atoms. The number of phenols is 1. The maximum Gasteiger partial charge on any atom is 0.230 e. The van der Waals surface area contributed by atoms with Crippen LogP contribution in [0.3, 0.4) is 0 Å². The number of aromatic nitrogens is 3. The molecule has 2 N–H and O–H groups in total. The molecule has 0 bridgehead atoms. The van der Waals surface area contributed by atoms with Gasteiger partial charge in [-0.05, 0) is 49.6 Å². The highest BCUT2D eigenvalue weighted by molar-refractivity contribution is 5.52. The molecule has 0 saturated heterocycles. The van der Waals surface area contributed by atoms with Crippen LogP contribution in [0.2, 0.25) is 0 Å². The molecule has 5 nitrogen and oxygen atoms in total. The predicted molar refractivity (Wildman–Crippen MR) is 94.4 cm³/mol. The van der Waals surface area contributed by atoms with Crippen molar-refractivity contribution >= 4 is 11.6 Å². The lowest BCUT2D eigenvalue weighted by Gasteiger charge is -2.07. The zero-order valence-electron chi connectivity index (χ0n) is 13.6. The van der Waals surface area contributed by atoms with E-state index in [2.05, 4.69) is 20.3 Å².